The van der Waals surface area contributed by atoms with Gasteiger partial charge in [0.1, 0.15) is 0 Å². The summed E-state index contributed by atoms with van der Waals surface area (Å²) in [6.07, 6.45) is 0. The summed E-state index contributed by atoms with van der Waals surface area (Å²) >= 11 is 1.47. The van der Waals surface area contributed by atoms with E-state index in [1.54, 1.807) is 25.1 Å². The number of ether oxygens (including phenoxy) is 1. The Kier molecular flexibility index (Phi) is 6.01. The molecule has 0 aliphatic carbocycles. The van der Waals surface area contributed by atoms with Crippen molar-refractivity contribution in [1.29, 1.82) is 0 Å². The molecule has 0 aromatic heterocycles. The summed E-state index contributed by atoms with van der Waals surface area (Å²) in [5.41, 5.74) is 6.95. The van der Waals surface area contributed by atoms with E-state index < -0.39 is 0 Å². The van der Waals surface area contributed by atoms with Crippen LogP contribution in [0.3, 0.4) is 0 Å². The first-order valence-electron chi connectivity index (χ1n) is 5.89. The van der Waals surface area contributed by atoms with Crippen molar-refractivity contribution < 1.29 is 14.6 Å². The number of nitrogen functional groups attached to an aromatic ring is 1. The minimum atomic E-state index is -0.357. The first-order chi connectivity index (χ1) is 8.60. The summed E-state index contributed by atoms with van der Waals surface area (Å²) in [5.74, 6) is 0.505. The predicted octanol–water partition coefficient (Wildman–Crippen LogP) is 2.17. The van der Waals surface area contributed by atoms with Crippen LogP contribution in [0.5, 0.6) is 0 Å². The van der Waals surface area contributed by atoms with Gasteiger partial charge in [-0.15, -0.1) is 11.8 Å². The van der Waals surface area contributed by atoms with Crippen molar-refractivity contribution in [1.82, 2.24) is 0 Å². The van der Waals surface area contributed by atoms with Crippen LogP contribution in [0.2, 0.25) is 0 Å². The lowest BCUT2D eigenvalue weighted by Gasteiger charge is -2.13. The van der Waals surface area contributed by atoms with Crippen LogP contribution in [0.4, 0.5) is 5.69 Å². The first kappa shape index (κ1) is 14.9. The molecule has 4 nitrogen and oxygen atoms in total. The molecule has 1 unspecified atom stereocenters. The molecule has 3 N–H and O–H groups in total. The molecule has 1 aromatic rings. The van der Waals surface area contributed by atoms with Crippen LogP contribution in [0.1, 0.15) is 24.2 Å². The quantitative estimate of drug-likeness (QED) is 0.470. The second kappa shape index (κ2) is 7.28. The normalized spacial score (nSPS) is 12.2. The van der Waals surface area contributed by atoms with Gasteiger partial charge in [0.2, 0.25) is 0 Å². The molecule has 5 heteroatoms. The fraction of sp³-hybridized carbons (Fsp3) is 0.462. The number of nitrogens with two attached hydrogens (primary N) is 1. The number of carbonyl (C=O) groups excluding carboxylic acids is 1. The number of rotatable bonds is 6. The van der Waals surface area contributed by atoms with E-state index in [1.165, 1.54) is 11.8 Å². The van der Waals surface area contributed by atoms with E-state index in [9.17, 15) is 4.79 Å². The molecule has 0 bridgehead atoms. The lowest BCUT2D eigenvalue weighted by Crippen LogP contribution is -2.09. The second-order valence-electron chi connectivity index (χ2n) is 4.04. The van der Waals surface area contributed by atoms with E-state index in [-0.39, 0.29) is 18.5 Å². The average Bonchev–Trinajstić information content (AvgIpc) is 2.36. The summed E-state index contributed by atoms with van der Waals surface area (Å²) in [7, 11) is 0. The molecule has 1 rings (SSSR count). The van der Waals surface area contributed by atoms with Crippen molar-refractivity contribution in [2.45, 2.75) is 18.7 Å². The molecule has 0 aliphatic heterocycles. The lowest BCUT2D eigenvalue weighted by atomic mass is 10.2. The molecule has 0 saturated heterocycles. The van der Waals surface area contributed by atoms with Gasteiger partial charge in [0.25, 0.3) is 0 Å². The molecule has 0 heterocycles. The van der Waals surface area contributed by atoms with Gasteiger partial charge < -0.3 is 15.6 Å². The summed E-state index contributed by atoms with van der Waals surface area (Å²) in [6, 6.07) is 5.20. The number of hydrogen-bond donors (Lipinski definition) is 2. The first-order valence-corrected chi connectivity index (χ1v) is 6.88. The zero-order chi connectivity index (χ0) is 13.5. The van der Waals surface area contributed by atoms with Gasteiger partial charge in [0.15, 0.2) is 0 Å². The Morgan fingerprint density at radius 2 is 2.28 bits per heavy atom. The third-order valence-electron chi connectivity index (χ3n) is 2.36. The second-order valence-corrected chi connectivity index (χ2v) is 5.07. The van der Waals surface area contributed by atoms with Gasteiger partial charge in [-0.25, -0.2) is 4.79 Å². The monoisotopic (exact) mass is 269 g/mol. The minimum Gasteiger partial charge on any atom is -0.462 e. The van der Waals surface area contributed by atoms with Crippen molar-refractivity contribution in [3.8, 4) is 0 Å². The Hall–Kier alpha value is -1.20. The molecule has 0 fully saturated rings. The maximum absolute atomic E-state index is 11.8. The number of aliphatic hydroxyl groups excluding tert-OH is 1. The molecule has 1 aromatic carbocycles. The molecule has 0 amide bonds. The van der Waals surface area contributed by atoms with E-state index in [4.69, 9.17) is 15.6 Å². The van der Waals surface area contributed by atoms with Gasteiger partial charge >= 0.3 is 5.97 Å². The van der Waals surface area contributed by atoms with Gasteiger partial charge in [-0.1, -0.05) is 13.0 Å². The zero-order valence-corrected chi connectivity index (χ0v) is 11.5. The fourth-order valence-electron chi connectivity index (χ4n) is 1.36. The highest BCUT2D eigenvalue weighted by molar-refractivity contribution is 7.99. The molecule has 0 saturated carbocycles. The molecule has 0 aliphatic rings. The number of aliphatic hydroxyl groups is 1. The van der Waals surface area contributed by atoms with E-state index in [0.29, 0.717) is 23.6 Å². The summed E-state index contributed by atoms with van der Waals surface area (Å²) in [5, 5.41) is 9.01. The Balaban J connectivity index is 2.90. The fourth-order valence-corrected chi connectivity index (χ4v) is 2.46. The number of esters is 1. The Bertz CT molecular complexity index is 409. The minimum absolute atomic E-state index is 0.120. The molecule has 0 spiro atoms. The standard InChI is InChI=1S/C13H19NO3S/c1-3-17-13(16)10-5-4-6-11(14)12(10)18-8-9(2)7-15/h4-6,9,15H,3,7-8,14H2,1-2H3. The van der Waals surface area contributed by atoms with E-state index in [1.807, 2.05) is 6.92 Å². The molecular formula is C13H19NO3S. The molecule has 100 valence electrons. The Morgan fingerprint density at radius 1 is 1.56 bits per heavy atom. The van der Waals surface area contributed by atoms with Gasteiger partial charge in [-0.05, 0) is 25.0 Å². The Labute approximate surface area is 112 Å². The molecule has 18 heavy (non-hydrogen) atoms. The van der Waals surface area contributed by atoms with Crippen LogP contribution < -0.4 is 5.73 Å². The van der Waals surface area contributed by atoms with Gasteiger partial charge in [-0.2, -0.15) is 0 Å². The number of hydrogen-bond acceptors (Lipinski definition) is 5. The molecular weight excluding hydrogens is 250 g/mol. The van der Waals surface area contributed by atoms with Crippen LogP contribution in [0.15, 0.2) is 23.1 Å². The van der Waals surface area contributed by atoms with Crippen LogP contribution >= 0.6 is 11.8 Å². The van der Waals surface area contributed by atoms with Crippen LogP contribution in [0, 0.1) is 5.92 Å². The predicted molar refractivity (Wildman–Crippen MR) is 73.8 cm³/mol. The van der Waals surface area contributed by atoms with Crippen molar-refractivity contribution in [2.75, 3.05) is 24.7 Å². The number of thioether (sulfide) groups is 1. The zero-order valence-electron chi connectivity index (χ0n) is 10.7. The third-order valence-corrected chi connectivity index (χ3v) is 3.84. The van der Waals surface area contributed by atoms with Crippen LogP contribution in [0.25, 0.3) is 0 Å². The molecule has 0 radical (unpaired) electrons. The van der Waals surface area contributed by atoms with Crippen molar-refractivity contribution in [2.24, 2.45) is 5.92 Å². The van der Waals surface area contributed by atoms with E-state index in [0.717, 1.165) is 4.90 Å². The number of anilines is 1. The summed E-state index contributed by atoms with van der Waals surface area (Å²) in [4.78, 5) is 12.5. The Morgan fingerprint density at radius 3 is 2.89 bits per heavy atom. The third kappa shape index (κ3) is 3.92. The highest BCUT2D eigenvalue weighted by atomic mass is 32.2. The van der Waals surface area contributed by atoms with Crippen LogP contribution in [-0.4, -0.2) is 30.0 Å². The average molecular weight is 269 g/mol. The van der Waals surface area contributed by atoms with Crippen molar-refractivity contribution >= 4 is 23.4 Å². The summed E-state index contributed by atoms with van der Waals surface area (Å²) in [6.45, 7) is 4.17. The van der Waals surface area contributed by atoms with Gasteiger partial charge in [0, 0.05) is 22.9 Å². The van der Waals surface area contributed by atoms with Gasteiger partial charge in [-0.3, -0.25) is 0 Å². The maximum atomic E-state index is 11.8. The lowest BCUT2D eigenvalue weighted by molar-refractivity contribution is 0.0522. The maximum Gasteiger partial charge on any atom is 0.339 e. The highest BCUT2D eigenvalue weighted by Crippen LogP contribution is 2.30. The van der Waals surface area contributed by atoms with Crippen molar-refractivity contribution in [3.05, 3.63) is 23.8 Å². The number of benzene rings is 1. The van der Waals surface area contributed by atoms with E-state index in [2.05, 4.69) is 0 Å². The van der Waals surface area contributed by atoms with Crippen LogP contribution in [-0.2, 0) is 4.74 Å². The van der Waals surface area contributed by atoms with Crippen molar-refractivity contribution in [3.63, 3.8) is 0 Å². The molecule has 1 atom stereocenters. The topological polar surface area (TPSA) is 72.5 Å². The summed E-state index contributed by atoms with van der Waals surface area (Å²) < 4.78 is 5.00. The largest absolute Gasteiger partial charge is 0.462 e. The van der Waals surface area contributed by atoms with E-state index >= 15 is 0 Å². The number of carbonyl (C=O) groups is 1. The van der Waals surface area contributed by atoms with Gasteiger partial charge in [0.05, 0.1) is 12.2 Å². The SMILES string of the molecule is CCOC(=O)c1cccc(N)c1SCC(C)CO. The smallest absolute Gasteiger partial charge is 0.339 e. The highest BCUT2D eigenvalue weighted by Gasteiger charge is 2.15.